The summed E-state index contributed by atoms with van der Waals surface area (Å²) in [5, 5.41) is 21.3. The van der Waals surface area contributed by atoms with Crippen molar-refractivity contribution in [1.82, 2.24) is 20.2 Å². The number of hydrogen-bond acceptors (Lipinski definition) is 4. The average Bonchev–Trinajstić information content (AvgIpc) is 2.65. The van der Waals surface area contributed by atoms with Gasteiger partial charge in [-0.05, 0) is 30.2 Å². The molecule has 1 N–H and O–H groups in total. The molecule has 1 aromatic heterocycles. The summed E-state index contributed by atoms with van der Waals surface area (Å²) in [5.41, 5.74) is -0.875. The minimum atomic E-state index is -0.875. The molecule has 1 aromatic rings. The molecule has 0 aromatic carbocycles. The first-order valence-electron chi connectivity index (χ1n) is 4.67. The molecule has 0 bridgehead atoms. The van der Waals surface area contributed by atoms with E-state index in [1.54, 1.807) is 4.68 Å². The Morgan fingerprint density at radius 2 is 1.92 bits per heavy atom. The molecule has 5 heteroatoms. The van der Waals surface area contributed by atoms with Gasteiger partial charge in [0.05, 0.1) is 0 Å². The van der Waals surface area contributed by atoms with Gasteiger partial charge in [0.25, 0.3) is 0 Å². The number of tetrazole rings is 1. The Bertz CT molecular complexity index is 267. The molecule has 0 atom stereocenters. The van der Waals surface area contributed by atoms with E-state index in [1.165, 1.54) is 0 Å². The zero-order valence-electron chi connectivity index (χ0n) is 8.36. The van der Waals surface area contributed by atoms with Crippen LogP contribution in [0.1, 0.15) is 39.4 Å². The third kappa shape index (κ3) is 1.70. The molecule has 0 fully saturated rings. The van der Waals surface area contributed by atoms with Gasteiger partial charge in [0.1, 0.15) is 5.60 Å². The average molecular weight is 184 g/mol. The smallest absolute Gasteiger partial charge is 0.183 e. The van der Waals surface area contributed by atoms with Gasteiger partial charge in [0.15, 0.2) is 5.82 Å². The van der Waals surface area contributed by atoms with Crippen LogP contribution in [-0.2, 0) is 12.1 Å². The third-order valence-corrected chi connectivity index (χ3v) is 2.42. The van der Waals surface area contributed by atoms with E-state index in [-0.39, 0.29) is 0 Å². The van der Waals surface area contributed by atoms with Crippen LogP contribution < -0.4 is 0 Å². The molecular weight excluding hydrogens is 168 g/mol. The predicted octanol–water partition coefficient (Wildman–Crippen LogP) is 0.701. The summed E-state index contributed by atoms with van der Waals surface area (Å²) in [4.78, 5) is 0. The van der Waals surface area contributed by atoms with Crippen molar-refractivity contribution in [1.29, 1.82) is 0 Å². The van der Waals surface area contributed by atoms with Crippen LogP contribution in [0.5, 0.6) is 0 Å². The van der Waals surface area contributed by atoms with Gasteiger partial charge in [-0.3, -0.25) is 0 Å². The highest BCUT2D eigenvalue weighted by atomic mass is 16.3. The minimum absolute atomic E-state index is 0.569. The van der Waals surface area contributed by atoms with Gasteiger partial charge in [-0.1, -0.05) is 13.8 Å². The fourth-order valence-corrected chi connectivity index (χ4v) is 1.32. The molecule has 0 amide bonds. The van der Waals surface area contributed by atoms with E-state index in [2.05, 4.69) is 15.5 Å². The number of aryl methyl sites for hydroxylation is 1. The molecule has 0 aliphatic heterocycles. The summed E-state index contributed by atoms with van der Waals surface area (Å²) in [7, 11) is 0. The standard InChI is InChI=1S/C8H16N4O/c1-4-8(13,5-2)7-9-10-11-12(7)6-3/h13H,4-6H2,1-3H3. The Kier molecular flexibility index (Phi) is 2.98. The Balaban J connectivity index is 3.03. The quantitative estimate of drug-likeness (QED) is 0.748. The second-order valence-electron chi connectivity index (χ2n) is 3.06. The zero-order valence-corrected chi connectivity index (χ0v) is 8.36. The second-order valence-corrected chi connectivity index (χ2v) is 3.06. The first-order chi connectivity index (χ1) is 6.18. The molecule has 0 saturated heterocycles. The van der Waals surface area contributed by atoms with Crippen LogP contribution in [0.15, 0.2) is 0 Å². The summed E-state index contributed by atoms with van der Waals surface area (Å²) in [5.74, 6) is 0.569. The fourth-order valence-electron chi connectivity index (χ4n) is 1.32. The largest absolute Gasteiger partial charge is 0.382 e. The lowest BCUT2D eigenvalue weighted by molar-refractivity contribution is 0.0148. The molecule has 74 valence electrons. The van der Waals surface area contributed by atoms with Gasteiger partial charge in [-0.15, -0.1) is 5.10 Å². The van der Waals surface area contributed by atoms with Crippen LogP contribution in [0.2, 0.25) is 0 Å². The number of aliphatic hydroxyl groups is 1. The summed E-state index contributed by atoms with van der Waals surface area (Å²) in [6.45, 7) is 6.49. The molecule has 5 nitrogen and oxygen atoms in total. The highest BCUT2D eigenvalue weighted by molar-refractivity contribution is 4.98. The number of nitrogens with zero attached hydrogens (tertiary/aromatic N) is 4. The summed E-state index contributed by atoms with van der Waals surface area (Å²) in [6, 6.07) is 0. The van der Waals surface area contributed by atoms with Gasteiger partial charge in [0, 0.05) is 6.54 Å². The van der Waals surface area contributed by atoms with Gasteiger partial charge >= 0.3 is 0 Å². The SMILES string of the molecule is CCn1nnnc1C(O)(CC)CC. The molecule has 0 radical (unpaired) electrons. The highest BCUT2D eigenvalue weighted by Gasteiger charge is 2.30. The Labute approximate surface area is 77.8 Å². The molecule has 0 aliphatic carbocycles. The first-order valence-corrected chi connectivity index (χ1v) is 4.67. The van der Waals surface area contributed by atoms with E-state index in [0.29, 0.717) is 25.2 Å². The lowest BCUT2D eigenvalue weighted by atomic mass is 9.97. The van der Waals surface area contributed by atoms with E-state index < -0.39 is 5.60 Å². The molecule has 0 spiro atoms. The maximum Gasteiger partial charge on any atom is 0.183 e. The molecule has 0 saturated carbocycles. The van der Waals surface area contributed by atoms with E-state index in [4.69, 9.17) is 0 Å². The van der Waals surface area contributed by atoms with Crippen LogP contribution in [0.25, 0.3) is 0 Å². The third-order valence-electron chi connectivity index (χ3n) is 2.42. The topological polar surface area (TPSA) is 63.8 Å². The van der Waals surface area contributed by atoms with Crippen molar-refractivity contribution in [2.75, 3.05) is 0 Å². The van der Waals surface area contributed by atoms with Crippen LogP contribution in [-0.4, -0.2) is 25.3 Å². The molecular formula is C8H16N4O. The molecule has 0 unspecified atom stereocenters. The van der Waals surface area contributed by atoms with E-state index >= 15 is 0 Å². The van der Waals surface area contributed by atoms with Crippen molar-refractivity contribution in [2.24, 2.45) is 0 Å². The summed E-state index contributed by atoms with van der Waals surface area (Å²) in [6.07, 6.45) is 1.26. The number of hydrogen-bond donors (Lipinski definition) is 1. The predicted molar refractivity (Wildman–Crippen MR) is 48.0 cm³/mol. The zero-order chi connectivity index (χ0) is 9.90. The molecule has 0 aliphatic rings. The van der Waals surface area contributed by atoms with Gasteiger partial charge < -0.3 is 5.11 Å². The minimum Gasteiger partial charge on any atom is -0.382 e. The van der Waals surface area contributed by atoms with Crippen LogP contribution in [0.3, 0.4) is 0 Å². The van der Waals surface area contributed by atoms with Crippen LogP contribution in [0.4, 0.5) is 0 Å². The van der Waals surface area contributed by atoms with E-state index in [0.717, 1.165) is 0 Å². The van der Waals surface area contributed by atoms with E-state index in [9.17, 15) is 5.11 Å². The van der Waals surface area contributed by atoms with Gasteiger partial charge in [-0.2, -0.15) is 0 Å². The van der Waals surface area contributed by atoms with Crippen LogP contribution >= 0.6 is 0 Å². The summed E-state index contributed by atoms with van der Waals surface area (Å²) < 4.78 is 1.63. The Hall–Kier alpha value is -0.970. The highest BCUT2D eigenvalue weighted by Crippen LogP contribution is 2.25. The van der Waals surface area contributed by atoms with Crippen molar-refractivity contribution in [2.45, 2.75) is 45.8 Å². The Morgan fingerprint density at radius 1 is 1.31 bits per heavy atom. The normalized spacial score (nSPS) is 12.0. The first kappa shape index (κ1) is 10.1. The number of rotatable bonds is 4. The number of aromatic nitrogens is 4. The monoisotopic (exact) mass is 184 g/mol. The van der Waals surface area contributed by atoms with Crippen molar-refractivity contribution in [3.05, 3.63) is 5.82 Å². The van der Waals surface area contributed by atoms with E-state index in [1.807, 2.05) is 20.8 Å². The maximum atomic E-state index is 10.1. The van der Waals surface area contributed by atoms with Crippen LogP contribution in [0, 0.1) is 0 Å². The maximum absolute atomic E-state index is 10.1. The second kappa shape index (κ2) is 3.83. The molecule has 13 heavy (non-hydrogen) atoms. The van der Waals surface area contributed by atoms with Gasteiger partial charge in [0.2, 0.25) is 0 Å². The van der Waals surface area contributed by atoms with Crippen molar-refractivity contribution >= 4 is 0 Å². The fraction of sp³-hybridized carbons (Fsp3) is 0.875. The van der Waals surface area contributed by atoms with Crippen molar-refractivity contribution in [3.63, 3.8) is 0 Å². The lowest BCUT2D eigenvalue weighted by Gasteiger charge is -2.23. The Morgan fingerprint density at radius 3 is 2.38 bits per heavy atom. The molecule has 1 rings (SSSR count). The summed E-state index contributed by atoms with van der Waals surface area (Å²) >= 11 is 0. The van der Waals surface area contributed by atoms with Crippen molar-refractivity contribution in [3.8, 4) is 0 Å². The van der Waals surface area contributed by atoms with Gasteiger partial charge in [-0.25, -0.2) is 4.68 Å². The lowest BCUT2D eigenvalue weighted by Crippen LogP contribution is -2.28. The molecule has 1 heterocycles. The van der Waals surface area contributed by atoms with Crippen molar-refractivity contribution < 1.29 is 5.11 Å².